The van der Waals surface area contributed by atoms with Gasteiger partial charge in [-0.25, -0.2) is 0 Å². The summed E-state index contributed by atoms with van der Waals surface area (Å²) in [5, 5.41) is 3.06. The number of hydrogen-bond acceptors (Lipinski definition) is 4. The number of piperidine rings is 1. The van der Waals surface area contributed by atoms with Crippen LogP contribution in [0.2, 0.25) is 0 Å². The van der Waals surface area contributed by atoms with E-state index in [1.807, 2.05) is 6.92 Å². The van der Waals surface area contributed by atoms with Crippen molar-refractivity contribution in [2.45, 2.75) is 25.8 Å². The Bertz CT molecular complexity index is 311. The van der Waals surface area contributed by atoms with Crippen LogP contribution in [0, 0.1) is 11.3 Å². The predicted octanol–water partition coefficient (Wildman–Crippen LogP) is -0.192. The Kier molecular flexibility index (Phi) is 4.25. The van der Waals surface area contributed by atoms with E-state index in [-0.39, 0.29) is 11.9 Å². The predicted molar refractivity (Wildman–Crippen MR) is 70.1 cm³/mol. The Morgan fingerprint density at radius 1 is 1.61 bits per heavy atom. The minimum atomic E-state index is -0.555. The maximum atomic E-state index is 12.2. The Hall–Kier alpha value is -0.650. The molecule has 2 aliphatic rings. The second-order valence-corrected chi connectivity index (χ2v) is 6.02. The minimum Gasteiger partial charge on any atom is -0.379 e. The van der Waals surface area contributed by atoms with Gasteiger partial charge in [0.25, 0.3) is 0 Å². The summed E-state index contributed by atoms with van der Waals surface area (Å²) in [7, 11) is 2.13. The molecule has 1 amide bonds. The molecule has 3 atom stereocenters. The van der Waals surface area contributed by atoms with Crippen molar-refractivity contribution < 1.29 is 9.53 Å². The molecule has 3 unspecified atom stereocenters. The fraction of sp³-hybridized carbons (Fsp3) is 0.923. The van der Waals surface area contributed by atoms with Gasteiger partial charge in [-0.15, -0.1) is 0 Å². The van der Waals surface area contributed by atoms with Crippen LogP contribution in [0.1, 0.15) is 19.8 Å². The number of likely N-dealkylation sites (tertiary alicyclic amines) is 1. The largest absolute Gasteiger partial charge is 0.379 e. The zero-order chi connectivity index (χ0) is 13.2. The van der Waals surface area contributed by atoms with E-state index in [0.717, 1.165) is 13.1 Å². The van der Waals surface area contributed by atoms with E-state index in [2.05, 4.69) is 17.3 Å². The summed E-state index contributed by atoms with van der Waals surface area (Å²) in [5.74, 6) is 0.607. The van der Waals surface area contributed by atoms with Crippen LogP contribution < -0.4 is 11.1 Å². The molecule has 2 aliphatic heterocycles. The third-order valence-electron chi connectivity index (χ3n) is 4.31. The molecule has 5 nitrogen and oxygen atoms in total. The molecule has 2 saturated heterocycles. The van der Waals surface area contributed by atoms with Gasteiger partial charge in [-0.05, 0) is 39.3 Å². The molecular formula is C13H25N3O2. The zero-order valence-electron chi connectivity index (χ0n) is 11.4. The molecule has 0 aromatic heterocycles. The van der Waals surface area contributed by atoms with E-state index in [0.29, 0.717) is 19.1 Å². The van der Waals surface area contributed by atoms with Crippen LogP contribution >= 0.6 is 0 Å². The normalized spacial score (nSPS) is 37.7. The zero-order valence-corrected chi connectivity index (χ0v) is 11.4. The molecule has 0 saturated carbocycles. The third kappa shape index (κ3) is 2.84. The van der Waals surface area contributed by atoms with Crippen molar-refractivity contribution in [3.8, 4) is 0 Å². The average molecular weight is 255 g/mol. The summed E-state index contributed by atoms with van der Waals surface area (Å²) >= 11 is 0. The summed E-state index contributed by atoms with van der Waals surface area (Å²) in [6.07, 6.45) is 2.42. The molecule has 0 radical (unpaired) electrons. The van der Waals surface area contributed by atoms with Gasteiger partial charge in [0.15, 0.2) is 0 Å². The van der Waals surface area contributed by atoms with Gasteiger partial charge in [0.1, 0.15) is 0 Å². The fourth-order valence-electron chi connectivity index (χ4n) is 2.80. The first kappa shape index (κ1) is 13.8. The first-order chi connectivity index (χ1) is 8.52. The van der Waals surface area contributed by atoms with Crippen molar-refractivity contribution in [2.75, 3.05) is 39.9 Å². The van der Waals surface area contributed by atoms with Crippen LogP contribution in [0.15, 0.2) is 0 Å². The maximum absolute atomic E-state index is 12.2. The minimum absolute atomic E-state index is 0.0423. The standard InChI is InChI=1S/C13H25N3O2/c1-13(9-18-8-11(13)14)12(17)15-6-10-4-3-5-16(2)7-10/h10-11H,3-9,14H2,1-2H3,(H,15,17). The van der Waals surface area contributed by atoms with Crippen molar-refractivity contribution in [1.82, 2.24) is 10.2 Å². The topological polar surface area (TPSA) is 67.6 Å². The van der Waals surface area contributed by atoms with Crippen LogP contribution in [0.4, 0.5) is 0 Å². The molecule has 0 aliphatic carbocycles. The molecule has 18 heavy (non-hydrogen) atoms. The van der Waals surface area contributed by atoms with Crippen LogP contribution in [0.25, 0.3) is 0 Å². The molecule has 0 spiro atoms. The van der Waals surface area contributed by atoms with Crippen LogP contribution in [-0.4, -0.2) is 56.7 Å². The van der Waals surface area contributed by atoms with Crippen molar-refractivity contribution >= 4 is 5.91 Å². The summed E-state index contributed by atoms with van der Waals surface area (Å²) in [5.41, 5.74) is 5.40. The number of nitrogens with zero attached hydrogens (tertiary/aromatic N) is 1. The Morgan fingerprint density at radius 3 is 3.00 bits per heavy atom. The molecule has 5 heteroatoms. The second-order valence-electron chi connectivity index (χ2n) is 6.02. The van der Waals surface area contributed by atoms with Gasteiger partial charge in [0.05, 0.1) is 18.6 Å². The maximum Gasteiger partial charge on any atom is 0.229 e. The van der Waals surface area contributed by atoms with Crippen LogP contribution in [0.5, 0.6) is 0 Å². The highest BCUT2D eigenvalue weighted by molar-refractivity contribution is 5.83. The van der Waals surface area contributed by atoms with E-state index in [1.54, 1.807) is 0 Å². The van der Waals surface area contributed by atoms with E-state index >= 15 is 0 Å². The Labute approximate surface area is 109 Å². The first-order valence-electron chi connectivity index (χ1n) is 6.82. The molecule has 2 fully saturated rings. The van der Waals surface area contributed by atoms with E-state index in [1.165, 1.54) is 19.4 Å². The highest BCUT2D eigenvalue weighted by Gasteiger charge is 2.44. The molecule has 2 heterocycles. The molecule has 104 valence electrons. The molecule has 0 bridgehead atoms. The lowest BCUT2D eigenvalue weighted by atomic mass is 9.84. The number of carbonyl (C=O) groups excluding carboxylic acids is 1. The van der Waals surface area contributed by atoms with Gasteiger partial charge >= 0.3 is 0 Å². The van der Waals surface area contributed by atoms with Gasteiger partial charge < -0.3 is 20.7 Å². The van der Waals surface area contributed by atoms with E-state index in [4.69, 9.17) is 10.5 Å². The Morgan fingerprint density at radius 2 is 2.39 bits per heavy atom. The number of carbonyl (C=O) groups is 1. The second kappa shape index (κ2) is 5.55. The quantitative estimate of drug-likeness (QED) is 0.733. The van der Waals surface area contributed by atoms with Crippen LogP contribution in [0.3, 0.4) is 0 Å². The number of hydrogen-bond donors (Lipinski definition) is 2. The molecule has 0 aromatic rings. The first-order valence-corrected chi connectivity index (χ1v) is 6.82. The molecule has 0 aromatic carbocycles. The lowest BCUT2D eigenvalue weighted by Gasteiger charge is -2.31. The third-order valence-corrected chi connectivity index (χ3v) is 4.31. The smallest absolute Gasteiger partial charge is 0.229 e. The highest BCUT2D eigenvalue weighted by atomic mass is 16.5. The fourth-order valence-corrected chi connectivity index (χ4v) is 2.80. The number of nitrogens with one attached hydrogen (secondary N) is 1. The van der Waals surface area contributed by atoms with Gasteiger partial charge in [0, 0.05) is 19.1 Å². The number of ether oxygens (including phenoxy) is 1. The summed E-state index contributed by atoms with van der Waals surface area (Å²) in [4.78, 5) is 14.5. The van der Waals surface area contributed by atoms with Crippen molar-refractivity contribution in [1.29, 1.82) is 0 Å². The van der Waals surface area contributed by atoms with Crippen LogP contribution in [-0.2, 0) is 9.53 Å². The number of amides is 1. The van der Waals surface area contributed by atoms with E-state index < -0.39 is 5.41 Å². The van der Waals surface area contributed by atoms with Gasteiger partial charge in [-0.2, -0.15) is 0 Å². The van der Waals surface area contributed by atoms with Crippen molar-refractivity contribution in [2.24, 2.45) is 17.1 Å². The number of nitrogens with two attached hydrogens (primary N) is 1. The SMILES string of the molecule is CN1CCCC(CNC(=O)C2(C)COCC2N)C1. The van der Waals surface area contributed by atoms with Gasteiger partial charge in [0.2, 0.25) is 5.91 Å². The van der Waals surface area contributed by atoms with Crippen molar-refractivity contribution in [3.05, 3.63) is 0 Å². The summed E-state index contributed by atoms with van der Waals surface area (Å²) in [6, 6.07) is -0.188. The number of rotatable bonds is 3. The Balaban J connectivity index is 1.81. The summed E-state index contributed by atoms with van der Waals surface area (Å²) in [6.45, 7) is 5.81. The lowest BCUT2D eigenvalue weighted by Crippen LogP contribution is -2.51. The lowest BCUT2D eigenvalue weighted by molar-refractivity contribution is -0.130. The van der Waals surface area contributed by atoms with Gasteiger partial charge in [-0.1, -0.05) is 0 Å². The molecule has 2 rings (SSSR count). The highest BCUT2D eigenvalue weighted by Crippen LogP contribution is 2.27. The average Bonchev–Trinajstić information content (AvgIpc) is 2.68. The molecular weight excluding hydrogens is 230 g/mol. The van der Waals surface area contributed by atoms with Crippen molar-refractivity contribution in [3.63, 3.8) is 0 Å². The summed E-state index contributed by atoms with van der Waals surface area (Å²) < 4.78 is 5.31. The van der Waals surface area contributed by atoms with E-state index in [9.17, 15) is 4.79 Å². The molecule has 3 N–H and O–H groups in total. The van der Waals surface area contributed by atoms with Gasteiger partial charge in [-0.3, -0.25) is 4.79 Å². The monoisotopic (exact) mass is 255 g/mol.